The maximum atomic E-state index is 5.38. The van der Waals surface area contributed by atoms with Crippen LogP contribution in [0, 0.1) is 0 Å². The summed E-state index contributed by atoms with van der Waals surface area (Å²) in [4.78, 5) is 4.51. The van der Waals surface area contributed by atoms with Gasteiger partial charge in [0.1, 0.15) is 0 Å². The minimum Gasteiger partial charge on any atom is -0.339 e. The average Bonchev–Trinajstić information content (AvgIpc) is 2.95. The fraction of sp³-hybridized carbons (Fsp3) is 0.500. The third-order valence-corrected chi connectivity index (χ3v) is 3.87. The molecule has 2 aromatic rings. The predicted molar refractivity (Wildman–Crippen MR) is 80.8 cm³/mol. The Morgan fingerprint density at radius 1 is 1.05 bits per heavy atom. The molecule has 0 bridgehead atoms. The number of nitrogens with zero attached hydrogens (tertiary/aromatic N) is 2. The van der Waals surface area contributed by atoms with Gasteiger partial charge in [0, 0.05) is 11.6 Å². The van der Waals surface area contributed by atoms with Gasteiger partial charge in [0.15, 0.2) is 0 Å². The zero-order chi connectivity index (χ0) is 14.7. The van der Waals surface area contributed by atoms with Gasteiger partial charge < -0.3 is 9.84 Å². The Morgan fingerprint density at radius 2 is 1.70 bits per heavy atom. The maximum Gasteiger partial charge on any atom is 0.231 e. The second-order valence-electron chi connectivity index (χ2n) is 5.60. The fourth-order valence-corrected chi connectivity index (χ4v) is 2.02. The quantitative estimate of drug-likeness (QED) is 0.904. The Bertz CT molecular complexity index is 545. The van der Waals surface area contributed by atoms with E-state index in [1.54, 1.807) is 0 Å². The maximum absolute atomic E-state index is 5.38. The van der Waals surface area contributed by atoms with E-state index in [1.807, 2.05) is 7.05 Å². The highest BCUT2D eigenvalue weighted by Crippen LogP contribution is 2.23. The molecule has 0 saturated carbocycles. The molecular formula is C16H23N3O. The van der Waals surface area contributed by atoms with Crippen molar-refractivity contribution in [2.24, 2.45) is 0 Å². The first-order valence-corrected chi connectivity index (χ1v) is 7.14. The second kappa shape index (κ2) is 6.18. The first-order chi connectivity index (χ1) is 9.52. The molecule has 4 nitrogen and oxygen atoms in total. The lowest BCUT2D eigenvalue weighted by Crippen LogP contribution is -2.27. The molecule has 1 aromatic carbocycles. The molecule has 1 aromatic heterocycles. The molecule has 0 aliphatic heterocycles. The van der Waals surface area contributed by atoms with Crippen molar-refractivity contribution in [3.63, 3.8) is 0 Å². The van der Waals surface area contributed by atoms with Crippen LogP contribution in [-0.2, 0) is 0 Å². The second-order valence-corrected chi connectivity index (χ2v) is 5.60. The van der Waals surface area contributed by atoms with Gasteiger partial charge in [0.2, 0.25) is 11.7 Å². The van der Waals surface area contributed by atoms with Crippen molar-refractivity contribution in [2.75, 3.05) is 7.05 Å². The molecule has 108 valence electrons. The number of rotatable bonds is 5. The van der Waals surface area contributed by atoms with Gasteiger partial charge in [-0.1, -0.05) is 50.2 Å². The van der Waals surface area contributed by atoms with Crippen LogP contribution in [0.1, 0.15) is 51.0 Å². The zero-order valence-corrected chi connectivity index (χ0v) is 12.8. The number of likely N-dealkylation sites (N-methyl/N-ethyl adjacent to an activating group) is 1. The molecule has 0 saturated heterocycles. The van der Waals surface area contributed by atoms with Gasteiger partial charge in [-0.2, -0.15) is 4.98 Å². The van der Waals surface area contributed by atoms with E-state index in [9.17, 15) is 0 Å². The molecule has 0 amide bonds. The van der Waals surface area contributed by atoms with Crippen molar-refractivity contribution in [3.05, 3.63) is 35.7 Å². The average molecular weight is 273 g/mol. The molecule has 1 N–H and O–H groups in total. The van der Waals surface area contributed by atoms with E-state index < -0.39 is 0 Å². The van der Waals surface area contributed by atoms with E-state index in [0.29, 0.717) is 23.7 Å². The standard InChI is InChI=1S/C16H23N3O/c1-10(2)13-6-8-14(9-7-13)15-18-16(20-19-15)11(3)12(4)17-5/h6-12,17H,1-5H3. The van der Waals surface area contributed by atoms with Crippen molar-refractivity contribution in [1.29, 1.82) is 0 Å². The highest BCUT2D eigenvalue weighted by molar-refractivity contribution is 5.54. The van der Waals surface area contributed by atoms with Crippen molar-refractivity contribution in [3.8, 4) is 11.4 Å². The largest absolute Gasteiger partial charge is 0.339 e. The lowest BCUT2D eigenvalue weighted by molar-refractivity contribution is 0.336. The minimum absolute atomic E-state index is 0.191. The number of nitrogens with one attached hydrogen (secondary N) is 1. The van der Waals surface area contributed by atoms with Crippen LogP contribution in [0.4, 0.5) is 0 Å². The summed E-state index contributed by atoms with van der Waals surface area (Å²) < 4.78 is 5.38. The number of hydrogen-bond donors (Lipinski definition) is 1. The van der Waals surface area contributed by atoms with Gasteiger partial charge in [-0.3, -0.25) is 0 Å². The number of benzene rings is 1. The van der Waals surface area contributed by atoms with Crippen molar-refractivity contribution >= 4 is 0 Å². The van der Waals surface area contributed by atoms with E-state index in [4.69, 9.17) is 4.52 Å². The van der Waals surface area contributed by atoms with Gasteiger partial charge in [0.05, 0.1) is 5.92 Å². The third-order valence-electron chi connectivity index (χ3n) is 3.87. The van der Waals surface area contributed by atoms with Gasteiger partial charge in [-0.05, 0) is 25.5 Å². The molecule has 2 rings (SSSR count). The van der Waals surface area contributed by atoms with Gasteiger partial charge in [-0.25, -0.2) is 0 Å². The van der Waals surface area contributed by atoms with Crippen molar-refractivity contribution in [2.45, 2.75) is 45.6 Å². The molecule has 4 heteroatoms. The SMILES string of the molecule is CNC(C)C(C)c1nc(-c2ccc(C(C)C)cc2)no1. The molecule has 2 unspecified atom stereocenters. The molecule has 20 heavy (non-hydrogen) atoms. The summed E-state index contributed by atoms with van der Waals surface area (Å²) in [6.45, 7) is 8.55. The van der Waals surface area contributed by atoms with Crippen LogP contribution in [0.15, 0.2) is 28.8 Å². The van der Waals surface area contributed by atoms with Crippen LogP contribution in [0.2, 0.25) is 0 Å². The summed E-state index contributed by atoms with van der Waals surface area (Å²) in [5.74, 6) is 2.05. The van der Waals surface area contributed by atoms with Crippen LogP contribution < -0.4 is 5.32 Å². The lowest BCUT2D eigenvalue weighted by atomic mass is 10.0. The first-order valence-electron chi connectivity index (χ1n) is 7.14. The van der Waals surface area contributed by atoms with E-state index in [-0.39, 0.29) is 5.92 Å². The van der Waals surface area contributed by atoms with Crippen molar-refractivity contribution < 1.29 is 4.52 Å². The van der Waals surface area contributed by atoms with Crippen molar-refractivity contribution in [1.82, 2.24) is 15.5 Å². The summed E-state index contributed by atoms with van der Waals surface area (Å²) in [6, 6.07) is 8.64. The lowest BCUT2D eigenvalue weighted by Gasteiger charge is -2.14. The molecule has 0 spiro atoms. The molecular weight excluding hydrogens is 250 g/mol. The van der Waals surface area contributed by atoms with Gasteiger partial charge >= 0.3 is 0 Å². The third kappa shape index (κ3) is 3.07. The summed E-state index contributed by atoms with van der Waals surface area (Å²) >= 11 is 0. The molecule has 0 radical (unpaired) electrons. The van der Waals surface area contributed by atoms with E-state index in [2.05, 4.69) is 67.4 Å². The normalized spacial score (nSPS) is 14.5. The molecule has 0 fully saturated rings. The van der Waals surface area contributed by atoms with Crippen LogP contribution in [0.25, 0.3) is 11.4 Å². The first kappa shape index (κ1) is 14.7. The highest BCUT2D eigenvalue weighted by Gasteiger charge is 2.19. The van der Waals surface area contributed by atoms with Gasteiger partial charge in [-0.15, -0.1) is 0 Å². The smallest absolute Gasteiger partial charge is 0.231 e. The van der Waals surface area contributed by atoms with Crippen LogP contribution in [0.5, 0.6) is 0 Å². The molecule has 2 atom stereocenters. The Balaban J connectivity index is 2.20. The predicted octanol–water partition coefficient (Wildman–Crippen LogP) is 3.57. The van der Waals surface area contributed by atoms with E-state index in [1.165, 1.54) is 5.56 Å². The minimum atomic E-state index is 0.191. The topological polar surface area (TPSA) is 51.0 Å². The summed E-state index contributed by atoms with van der Waals surface area (Å²) in [7, 11) is 1.93. The number of aromatic nitrogens is 2. The number of hydrogen-bond acceptors (Lipinski definition) is 4. The Morgan fingerprint density at radius 3 is 2.25 bits per heavy atom. The van der Waals surface area contributed by atoms with Crippen LogP contribution in [-0.4, -0.2) is 23.2 Å². The Kier molecular flexibility index (Phi) is 4.55. The Labute approximate surface area is 120 Å². The molecule has 1 heterocycles. The van der Waals surface area contributed by atoms with E-state index >= 15 is 0 Å². The van der Waals surface area contributed by atoms with Crippen LogP contribution >= 0.6 is 0 Å². The highest BCUT2D eigenvalue weighted by atomic mass is 16.5. The summed E-state index contributed by atoms with van der Waals surface area (Å²) in [5, 5.41) is 7.29. The van der Waals surface area contributed by atoms with Gasteiger partial charge in [0.25, 0.3) is 0 Å². The van der Waals surface area contributed by atoms with E-state index in [0.717, 1.165) is 5.56 Å². The van der Waals surface area contributed by atoms with Crippen LogP contribution in [0.3, 0.4) is 0 Å². The zero-order valence-electron chi connectivity index (χ0n) is 12.8. The monoisotopic (exact) mass is 273 g/mol. The molecule has 0 aliphatic rings. The fourth-order valence-electron chi connectivity index (χ4n) is 2.02. The summed E-state index contributed by atoms with van der Waals surface area (Å²) in [6.07, 6.45) is 0. The molecule has 0 aliphatic carbocycles. The Hall–Kier alpha value is -1.68. The summed E-state index contributed by atoms with van der Waals surface area (Å²) in [5.41, 5.74) is 2.31.